The van der Waals surface area contributed by atoms with Crippen molar-refractivity contribution in [3.63, 3.8) is 0 Å². The van der Waals surface area contributed by atoms with Crippen LogP contribution in [0.25, 0.3) is 0 Å². The Balaban J connectivity index is 2.18. The second-order valence-corrected chi connectivity index (χ2v) is 3.75. The Morgan fingerprint density at radius 1 is 1.37 bits per heavy atom. The van der Waals surface area contributed by atoms with Crippen LogP contribution in [0.5, 0.6) is 0 Å². The zero-order valence-electron chi connectivity index (χ0n) is 10.1. The third-order valence-corrected chi connectivity index (χ3v) is 2.34. The lowest BCUT2D eigenvalue weighted by atomic mass is 10.4. The Kier molecular flexibility index (Phi) is 3.46. The SMILES string of the molecule is CN(Cc1cnccn1)c1ncc([N+](=O)[O-])c(N)n1. The normalized spacial score (nSPS) is 10.2. The lowest BCUT2D eigenvalue weighted by molar-refractivity contribution is -0.384. The molecule has 0 amide bonds. The first-order chi connectivity index (χ1) is 9.08. The Morgan fingerprint density at radius 3 is 2.74 bits per heavy atom. The van der Waals surface area contributed by atoms with Gasteiger partial charge in [0.05, 0.1) is 23.4 Å². The maximum Gasteiger partial charge on any atom is 0.329 e. The van der Waals surface area contributed by atoms with Crippen LogP contribution >= 0.6 is 0 Å². The maximum atomic E-state index is 10.6. The summed E-state index contributed by atoms with van der Waals surface area (Å²) in [6, 6.07) is 0. The van der Waals surface area contributed by atoms with Crippen molar-refractivity contribution in [3.8, 4) is 0 Å². The molecule has 2 aromatic heterocycles. The van der Waals surface area contributed by atoms with Gasteiger partial charge in [-0.15, -0.1) is 0 Å². The quantitative estimate of drug-likeness (QED) is 0.619. The minimum absolute atomic E-state index is 0.166. The van der Waals surface area contributed by atoms with Crippen LogP contribution in [0.1, 0.15) is 5.69 Å². The number of rotatable bonds is 4. The zero-order chi connectivity index (χ0) is 13.8. The molecule has 0 fully saturated rings. The highest BCUT2D eigenvalue weighted by Gasteiger charge is 2.16. The van der Waals surface area contributed by atoms with Crippen LogP contribution in [-0.4, -0.2) is 31.9 Å². The van der Waals surface area contributed by atoms with Gasteiger partial charge in [-0.1, -0.05) is 0 Å². The predicted molar refractivity (Wildman–Crippen MR) is 67.2 cm³/mol. The fourth-order valence-electron chi connectivity index (χ4n) is 1.43. The van der Waals surface area contributed by atoms with Crippen LogP contribution in [0, 0.1) is 10.1 Å². The summed E-state index contributed by atoms with van der Waals surface area (Å²) in [6.45, 7) is 0.422. The second kappa shape index (κ2) is 5.21. The Morgan fingerprint density at radius 2 is 2.16 bits per heavy atom. The molecular weight excluding hydrogens is 250 g/mol. The molecule has 9 heteroatoms. The van der Waals surface area contributed by atoms with E-state index in [4.69, 9.17) is 5.73 Å². The molecule has 0 atom stereocenters. The average Bonchev–Trinajstić information content (AvgIpc) is 2.39. The summed E-state index contributed by atoms with van der Waals surface area (Å²) in [5.41, 5.74) is 5.92. The third kappa shape index (κ3) is 2.89. The highest BCUT2D eigenvalue weighted by Crippen LogP contribution is 2.20. The molecule has 2 N–H and O–H groups in total. The second-order valence-electron chi connectivity index (χ2n) is 3.75. The monoisotopic (exact) mass is 261 g/mol. The average molecular weight is 261 g/mol. The number of hydrogen-bond acceptors (Lipinski definition) is 8. The van der Waals surface area contributed by atoms with Crippen LogP contribution in [0.3, 0.4) is 0 Å². The molecule has 98 valence electrons. The summed E-state index contributed by atoms with van der Waals surface area (Å²) in [4.78, 5) is 27.5. The van der Waals surface area contributed by atoms with Crippen molar-refractivity contribution in [2.75, 3.05) is 17.7 Å². The fraction of sp³-hybridized carbons (Fsp3) is 0.200. The topological polar surface area (TPSA) is 124 Å². The first kappa shape index (κ1) is 12.6. The summed E-state index contributed by atoms with van der Waals surface area (Å²) < 4.78 is 0. The van der Waals surface area contributed by atoms with E-state index < -0.39 is 4.92 Å². The fourth-order valence-corrected chi connectivity index (χ4v) is 1.43. The van der Waals surface area contributed by atoms with Crippen molar-refractivity contribution < 1.29 is 4.92 Å². The minimum Gasteiger partial charge on any atom is -0.378 e. The first-order valence-electron chi connectivity index (χ1n) is 5.31. The van der Waals surface area contributed by atoms with Crippen molar-refractivity contribution >= 4 is 17.5 Å². The van der Waals surface area contributed by atoms with Gasteiger partial charge in [-0.3, -0.25) is 20.1 Å². The lowest BCUT2D eigenvalue weighted by Gasteiger charge is -2.16. The Labute approximate surface area is 108 Å². The molecule has 0 radical (unpaired) electrons. The van der Waals surface area contributed by atoms with Crippen LogP contribution in [0.15, 0.2) is 24.8 Å². The van der Waals surface area contributed by atoms with Gasteiger partial charge in [0.2, 0.25) is 11.8 Å². The Bertz CT molecular complexity index is 590. The molecule has 0 bridgehead atoms. The van der Waals surface area contributed by atoms with Gasteiger partial charge in [-0.05, 0) is 0 Å². The molecule has 2 rings (SSSR count). The minimum atomic E-state index is -0.623. The molecule has 0 saturated carbocycles. The molecule has 9 nitrogen and oxygen atoms in total. The van der Waals surface area contributed by atoms with Gasteiger partial charge in [0.15, 0.2) is 0 Å². The summed E-state index contributed by atoms with van der Waals surface area (Å²) >= 11 is 0. The van der Waals surface area contributed by atoms with Gasteiger partial charge in [0, 0.05) is 19.4 Å². The van der Waals surface area contributed by atoms with Crippen molar-refractivity contribution in [1.82, 2.24) is 19.9 Å². The van der Waals surface area contributed by atoms with E-state index in [0.29, 0.717) is 6.54 Å². The molecule has 2 aromatic rings. The molecule has 19 heavy (non-hydrogen) atoms. The number of nitrogens with zero attached hydrogens (tertiary/aromatic N) is 6. The highest BCUT2D eigenvalue weighted by atomic mass is 16.6. The molecule has 0 saturated heterocycles. The standard InChI is InChI=1S/C10H11N7O2/c1-16(6-7-4-12-2-3-13-7)10-14-5-8(17(18)19)9(11)15-10/h2-5H,6H2,1H3,(H2,11,14,15). The van der Waals surface area contributed by atoms with E-state index in [1.54, 1.807) is 30.5 Å². The number of hydrogen-bond donors (Lipinski definition) is 1. The zero-order valence-corrected chi connectivity index (χ0v) is 10.1. The van der Waals surface area contributed by atoms with E-state index in [1.807, 2.05) is 0 Å². The van der Waals surface area contributed by atoms with Gasteiger partial charge in [0.25, 0.3) is 0 Å². The van der Waals surface area contributed by atoms with E-state index in [2.05, 4.69) is 19.9 Å². The van der Waals surface area contributed by atoms with Crippen molar-refractivity contribution in [3.05, 3.63) is 40.6 Å². The van der Waals surface area contributed by atoms with Crippen molar-refractivity contribution in [2.45, 2.75) is 6.54 Å². The summed E-state index contributed by atoms with van der Waals surface area (Å²) in [7, 11) is 1.73. The van der Waals surface area contributed by atoms with Crippen LogP contribution in [0.4, 0.5) is 17.5 Å². The molecule has 0 aliphatic rings. The summed E-state index contributed by atoms with van der Waals surface area (Å²) in [6.07, 6.45) is 5.86. The van der Waals surface area contributed by atoms with E-state index in [-0.39, 0.29) is 17.5 Å². The molecule has 0 spiro atoms. The molecule has 0 unspecified atom stereocenters. The van der Waals surface area contributed by atoms with Crippen molar-refractivity contribution in [1.29, 1.82) is 0 Å². The summed E-state index contributed by atoms with van der Waals surface area (Å²) in [5.74, 6) is 0.120. The molecular formula is C10H11N7O2. The molecule has 0 aliphatic heterocycles. The van der Waals surface area contributed by atoms with E-state index >= 15 is 0 Å². The predicted octanol–water partition coefficient (Wildman–Crippen LogP) is 0.393. The smallest absolute Gasteiger partial charge is 0.329 e. The van der Waals surface area contributed by atoms with Gasteiger partial charge in [-0.2, -0.15) is 4.98 Å². The van der Waals surface area contributed by atoms with Gasteiger partial charge >= 0.3 is 5.69 Å². The van der Waals surface area contributed by atoms with E-state index in [0.717, 1.165) is 11.9 Å². The Hall–Kier alpha value is -2.84. The number of nitro groups is 1. The van der Waals surface area contributed by atoms with Crippen LogP contribution in [-0.2, 0) is 6.54 Å². The number of aromatic nitrogens is 4. The first-order valence-corrected chi connectivity index (χ1v) is 5.31. The van der Waals surface area contributed by atoms with Crippen LogP contribution < -0.4 is 10.6 Å². The maximum absolute atomic E-state index is 10.6. The summed E-state index contributed by atoms with van der Waals surface area (Å²) in [5, 5.41) is 10.6. The van der Waals surface area contributed by atoms with Crippen LogP contribution in [0.2, 0.25) is 0 Å². The van der Waals surface area contributed by atoms with E-state index in [1.165, 1.54) is 0 Å². The number of nitrogen functional groups attached to an aromatic ring is 1. The third-order valence-electron chi connectivity index (χ3n) is 2.34. The molecule has 0 aliphatic carbocycles. The lowest BCUT2D eigenvalue weighted by Crippen LogP contribution is -2.20. The molecule has 0 aromatic carbocycles. The molecule has 2 heterocycles. The van der Waals surface area contributed by atoms with Crippen molar-refractivity contribution in [2.24, 2.45) is 0 Å². The number of anilines is 2. The number of nitrogens with two attached hydrogens (primary N) is 1. The van der Waals surface area contributed by atoms with Gasteiger partial charge < -0.3 is 10.6 Å². The highest BCUT2D eigenvalue weighted by molar-refractivity contribution is 5.53. The van der Waals surface area contributed by atoms with Gasteiger partial charge in [-0.25, -0.2) is 4.98 Å². The largest absolute Gasteiger partial charge is 0.378 e. The van der Waals surface area contributed by atoms with Gasteiger partial charge in [0.1, 0.15) is 6.20 Å². The van der Waals surface area contributed by atoms with E-state index in [9.17, 15) is 10.1 Å².